The SMILES string of the molecule is O=C(O)C(F)(F)CF.c1cncnc1. The van der Waals surface area contributed by atoms with Gasteiger partial charge in [0.1, 0.15) is 6.33 Å². The number of carboxylic acids is 1. The standard InChI is InChI=1S/C4H4N2.C3H3F3O2/c1-2-5-4-6-3-1;4-1-3(5,6)2(7)8/h1-4H;1H2,(H,7,8). The van der Waals surface area contributed by atoms with E-state index in [4.69, 9.17) is 5.11 Å². The van der Waals surface area contributed by atoms with E-state index in [0.29, 0.717) is 0 Å². The fourth-order valence-electron chi connectivity index (χ4n) is 0.310. The maximum Gasteiger partial charge on any atom is 0.377 e. The first-order valence-electron chi connectivity index (χ1n) is 3.38. The molecule has 14 heavy (non-hydrogen) atoms. The molecule has 1 heterocycles. The van der Waals surface area contributed by atoms with E-state index in [-0.39, 0.29) is 0 Å². The molecule has 0 radical (unpaired) electrons. The van der Waals surface area contributed by atoms with E-state index in [1.807, 2.05) is 0 Å². The Hall–Kier alpha value is -1.66. The Bertz CT molecular complexity index is 242. The van der Waals surface area contributed by atoms with Gasteiger partial charge in [0.15, 0.2) is 6.67 Å². The molecular formula is C7H7F3N2O2. The van der Waals surface area contributed by atoms with Gasteiger partial charge < -0.3 is 5.11 Å². The third-order valence-electron chi connectivity index (χ3n) is 0.958. The predicted molar refractivity (Wildman–Crippen MR) is 40.6 cm³/mol. The maximum atomic E-state index is 11.3. The summed E-state index contributed by atoms with van der Waals surface area (Å²) in [6.07, 6.45) is 4.88. The van der Waals surface area contributed by atoms with Gasteiger partial charge in [-0.15, -0.1) is 0 Å². The van der Waals surface area contributed by atoms with Gasteiger partial charge in [-0.25, -0.2) is 19.2 Å². The van der Waals surface area contributed by atoms with Gasteiger partial charge >= 0.3 is 11.9 Å². The molecule has 0 saturated heterocycles. The lowest BCUT2D eigenvalue weighted by molar-refractivity contribution is -0.166. The van der Waals surface area contributed by atoms with Crippen LogP contribution in [0.4, 0.5) is 13.2 Å². The van der Waals surface area contributed by atoms with Crippen molar-refractivity contribution in [2.75, 3.05) is 6.67 Å². The fraction of sp³-hybridized carbons (Fsp3) is 0.286. The number of hydrogen-bond acceptors (Lipinski definition) is 3. The van der Waals surface area contributed by atoms with Gasteiger partial charge in [-0.1, -0.05) is 0 Å². The van der Waals surface area contributed by atoms with Gasteiger partial charge in [-0.05, 0) is 6.07 Å². The van der Waals surface area contributed by atoms with Crippen molar-refractivity contribution < 1.29 is 23.1 Å². The normalized spacial score (nSPS) is 9.93. The van der Waals surface area contributed by atoms with Crippen LogP contribution in [0.15, 0.2) is 24.8 Å². The van der Waals surface area contributed by atoms with Crippen LogP contribution in [0.1, 0.15) is 0 Å². The van der Waals surface area contributed by atoms with Gasteiger partial charge in [0, 0.05) is 12.4 Å². The first-order chi connectivity index (χ1) is 6.50. The molecule has 0 spiro atoms. The van der Waals surface area contributed by atoms with Gasteiger partial charge in [-0.3, -0.25) is 0 Å². The Labute approximate surface area is 77.4 Å². The summed E-state index contributed by atoms with van der Waals surface area (Å²) in [4.78, 5) is 16.6. The van der Waals surface area contributed by atoms with E-state index in [1.165, 1.54) is 6.33 Å². The number of aliphatic carboxylic acids is 1. The largest absolute Gasteiger partial charge is 0.477 e. The highest BCUT2D eigenvalue weighted by Crippen LogP contribution is 2.12. The quantitative estimate of drug-likeness (QED) is 0.791. The van der Waals surface area contributed by atoms with E-state index in [1.54, 1.807) is 18.5 Å². The molecule has 0 bridgehead atoms. The molecule has 0 aliphatic rings. The molecule has 1 aromatic heterocycles. The van der Waals surface area contributed by atoms with E-state index < -0.39 is 18.6 Å². The topological polar surface area (TPSA) is 63.1 Å². The zero-order chi connectivity index (χ0) is 11.0. The molecule has 1 rings (SSSR count). The van der Waals surface area contributed by atoms with E-state index in [9.17, 15) is 18.0 Å². The minimum Gasteiger partial charge on any atom is -0.477 e. The Morgan fingerprint density at radius 1 is 1.36 bits per heavy atom. The summed E-state index contributed by atoms with van der Waals surface area (Å²) in [7, 11) is 0. The highest BCUT2D eigenvalue weighted by molar-refractivity contribution is 5.75. The first-order valence-corrected chi connectivity index (χ1v) is 3.38. The monoisotopic (exact) mass is 208 g/mol. The van der Waals surface area contributed by atoms with Crippen molar-refractivity contribution in [3.05, 3.63) is 24.8 Å². The minimum absolute atomic E-state index is 1.50. The molecule has 1 aromatic rings. The van der Waals surface area contributed by atoms with Crippen molar-refractivity contribution in [2.24, 2.45) is 0 Å². The molecule has 1 N–H and O–H groups in total. The lowest BCUT2D eigenvalue weighted by Gasteiger charge is -2.02. The van der Waals surface area contributed by atoms with Crippen molar-refractivity contribution in [3.8, 4) is 0 Å². The summed E-state index contributed by atoms with van der Waals surface area (Å²) in [5, 5.41) is 7.45. The second-order valence-corrected chi connectivity index (χ2v) is 2.05. The van der Waals surface area contributed by atoms with Crippen LogP contribution in [0, 0.1) is 0 Å². The van der Waals surface area contributed by atoms with Crippen molar-refractivity contribution in [3.63, 3.8) is 0 Å². The number of alkyl halides is 3. The number of aromatic nitrogens is 2. The van der Waals surface area contributed by atoms with Gasteiger partial charge in [0.2, 0.25) is 0 Å². The second kappa shape index (κ2) is 5.90. The molecule has 0 amide bonds. The molecule has 78 valence electrons. The minimum atomic E-state index is -4.21. The van der Waals surface area contributed by atoms with Gasteiger partial charge in [-0.2, -0.15) is 8.78 Å². The number of carboxylic acid groups (broad SMARTS) is 1. The zero-order valence-corrected chi connectivity index (χ0v) is 6.90. The zero-order valence-electron chi connectivity index (χ0n) is 6.90. The lowest BCUT2D eigenvalue weighted by Crippen LogP contribution is -2.30. The predicted octanol–water partition coefficient (Wildman–Crippen LogP) is 1.15. The van der Waals surface area contributed by atoms with Crippen molar-refractivity contribution in [1.82, 2.24) is 9.97 Å². The van der Waals surface area contributed by atoms with Crippen molar-refractivity contribution in [2.45, 2.75) is 5.92 Å². The van der Waals surface area contributed by atoms with Crippen LogP contribution in [0.5, 0.6) is 0 Å². The van der Waals surface area contributed by atoms with Crippen LogP contribution in [-0.4, -0.2) is 33.6 Å². The second-order valence-electron chi connectivity index (χ2n) is 2.05. The third-order valence-corrected chi connectivity index (χ3v) is 0.958. The van der Waals surface area contributed by atoms with E-state index in [0.717, 1.165) is 0 Å². The maximum absolute atomic E-state index is 11.3. The fourth-order valence-corrected chi connectivity index (χ4v) is 0.310. The van der Waals surface area contributed by atoms with Gasteiger partial charge in [0.05, 0.1) is 0 Å². The number of hydrogen-bond donors (Lipinski definition) is 1. The number of rotatable bonds is 2. The summed E-state index contributed by atoms with van der Waals surface area (Å²) >= 11 is 0. The average molecular weight is 208 g/mol. The Morgan fingerprint density at radius 2 is 1.86 bits per heavy atom. The smallest absolute Gasteiger partial charge is 0.377 e. The lowest BCUT2D eigenvalue weighted by atomic mass is 10.4. The molecule has 0 aliphatic heterocycles. The Morgan fingerprint density at radius 3 is 1.93 bits per heavy atom. The first kappa shape index (κ1) is 12.3. The summed E-state index contributed by atoms with van der Waals surface area (Å²) in [6.45, 7) is -2.15. The van der Waals surface area contributed by atoms with Gasteiger partial charge in [0.25, 0.3) is 0 Å². The van der Waals surface area contributed by atoms with E-state index in [2.05, 4.69) is 9.97 Å². The molecule has 0 atom stereocenters. The molecular weight excluding hydrogens is 201 g/mol. The number of carbonyl (C=O) groups is 1. The van der Waals surface area contributed by atoms with Crippen LogP contribution in [0.3, 0.4) is 0 Å². The highest BCUT2D eigenvalue weighted by atomic mass is 19.3. The Balaban J connectivity index is 0.000000249. The molecule has 0 aliphatic carbocycles. The van der Waals surface area contributed by atoms with Crippen LogP contribution < -0.4 is 0 Å². The molecule has 0 fully saturated rings. The molecule has 4 nitrogen and oxygen atoms in total. The van der Waals surface area contributed by atoms with Crippen molar-refractivity contribution in [1.29, 1.82) is 0 Å². The molecule has 0 saturated carbocycles. The summed E-state index contributed by atoms with van der Waals surface area (Å²) in [6, 6.07) is 1.78. The van der Waals surface area contributed by atoms with Crippen LogP contribution in [0.25, 0.3) is 0 Å². The molecule has 7 heteroatoms. The van der Waals surface area contributed by atoms with Crippen molar-refractivity contribution >= 4 is 5.97 Å². The highest BCUT2D eigenvalue weighted by Gasteiger charge is 2.38. The molecule has 0 aromatic carbocycles. The van der Waals surface area contributed by atoms with Crippen LogP contribution >= 0.6 is 0 Å². The summed E-state index contributed by atoms with van der Waals surface area (Å²) < 4.78 is 33.5. The summed E-state index contributed by atoms with van der Waals surface area (Å²) in [5.74, 6) is -6.64. The number of halogens is 3. The van der Waals surface area contributed by atoms with E-state index >= 15 is 0 Å². The third kappa shape index (κ3) is 5.07. The average Bonchev–Trinajstić information content (AvgIpc) is 2.21. The van der Waals surface area contributed by atoms with Crippen LogP contribution in [-0.2, 0) is 4.79 Å². The molecule has 0 unspecified atom stereocenters. The van der Waals surface area contributed by atoms with Crippen LogP contribution in [0.2, 0.25) is 0 Å². The Kier molecular flexibility index (Phi) is 5.20. The number of nitrogens with zero attached hydrogens (tertiary/aromatic N) is 2. The summed E-state index contributed by atoms with van der Waals surface area (Å²) in [5.41, 5.74) is 0.